The molecule has 120 valence electrons. The highest BCUT2D eigenvalue weighted by atomic mass is 35.5. The zero-order chi connectivity index (χ0) is 16.2. The normalized spacial score (nSPS) is 17.8. The Morgan fingerprint density at radius 1 is 1.35 bits per heavy atom. The van der Waals surface area contributed by atoms with Gasteiger partial charge >= 0.3 is 0 Å². The van der Waals surface area contributed by atoms with Gasteiger partial charge in [-0.15, -0.1) is 0 Å². The molecule has 1 aromatic heterocycles. The largest absolute Gasteiger partial charge is 0.481 e. The quantitative estimate of drug-likeness (QED) is 0.862. The minimum absolute atomic E-state index is 0.159. The van der Waals surface area contributed by atoms with Crippen LogP contribution in [0, 0.1) is 0 Å². The molecule has 1 fully saturated rings. The first-order valence-corrected chi connectivity index (χ1v) is 7.57. The highest BCUT2D eigenvalue weighted by Gasteiger charge is 2.27. The Morgan fingerprint density at radius 2 is 2.13 bits per heavy atom. The summed E-state index contributed by atoms with van der Waals surface area (Å²) in [5.74, 6) is 0.207. The number of carbonyl (C=O) groups excluding carboxylic acids is 1. The molecule has 7 heteroatoms. The molecule has 1 aliphatic heterocycles. The lowest BCUT2D eigenvalue weighted by atomic mass is 10.1. The van der Waals surface area contributed by atoms with Gasteiger partial charge in [0.15, 0.2) is 0 Å². The number of methoxy groups -OCH3 is 1. The van der Waals surface area contributed by atoms with Crippen LogP contribution in [0.3, 0.4) is 0 Å². The third kappa shape index (κ3) is 3.60. The van der Waals surface area contributed by atoms with Crippen molar-refractivity contribution >= 4 is 17.5 Å². The number of hydrogen-bond acceptors (Lipinski definition) is 5. The number of benzene rings is 1. The predicted octanol–water partition coefficient (Wildman–Crippen LogP) is 2.35. The average Bonchev–Trinajstić information content (AvgIpc) is 2.62. The Labute approximate surface area is 139 Å². The number of amides is 1. The topological polar surface area (TPSA) is 64.5 Å². The monoisotopic (exact) mass is 333 g/mol. The van der Waals surface area contributed by atoms with Gasteiger partial charge in [-0.25, -0.2) is 9.97 Å². The molecule has 0 spiro atoms. The second-order valence-electron chi connectivity index (χ2n) is 5.11. The molecular weight excluding hydrogens is 318 g/mol. The van der Waals surface area contributed by atoms with Gasteiger partial charge in [0, 0.05) is 17.6 Å². The van der Waals surface area contributed by atoms with E-state index in [2.05, 4.69) is 9.97 Å². The van der Waals surface area contributed by atoms with Crippen LogP contribution >= 0.6 is 11.6 Å². The lowest BCUT2D eigenvalue weighted by molar-refractivity contribution is -0.0230. The molecule has 0 aliphatic carbocycles. The van der Waals surface area contributed by atoms with E-state index in [1.54, 1.807) is 4.90 Å². The van der Waals surface area contributed by atoms with Gasteiger partial charge in [0.1, 0.15) is 18.1 Å². The fourth-order valence-corrected chi connectivity index (χ4v) is 2.57. The van der Waals surface area contributed by atoms with Gasteiger partial charge in [0.2, 0.25) is 5.88 Å². The molecule has 0 saturated carbocycles. The molecule has 0 radical (unpaired) electrons. The molecule has 2 heterocycles. The fourth-order valence-electron chi connectivity index (χ4n) is 2.44. The van der Waals surface area contributed by atoms with Crippen LogP contribution in [0.15, 0.2) is 36.7 Å². The molecule has 0 bridgehead atoms. The van der Waals surface area contributed by atoms with Crippen molar-refractivity contribution in [2.24, 2.45) is 0 Å². The molecule has 2 aromatic rings. The third-order valence-corrected chi connectivity index (χ3v) is 3.92. The Balaban J connectivity index is 1.75. The lowest BCUT2D eigenvalue weighted by Gasteiger charge is -2.33. The highest BCUT2D eigenvalue weighted by Crippen LogP contribution is 2.24. The number of hydrogen-bond donors (Lipinski definition) is 0. The predicted molar refractivity (Wildman–Crippen MR) is 84.6 cm³/mol. The number of ether oxygens (including phenoxy) is 2. The van der Waals surface area contributed by atoms with Crippen LogP contribution in [-0.4, -0.2) is 47.6 Å². The molecule has 1 atom stereocenters. The zero-order valence-electron chi connectivity index (χ0n) is 12.6. The van der Waals surface area contributed by atoms with Gasteiger partial charge in [-0.2, -0.15) is 0 Å². The Kier molecular flexibility index (Phi) is 4.73. The maximum atomic E-state index is 12.6. The van der Waals surface area contributed by atoms with Crippen molar-refractivity contribution in [3.05, 3.63) is 52.9 Å². The smallest absolute Gasteiger partial charge is 0.272 e. The fraction of sp³-hybridized carbons (Fsp3) is 0.312. The molecule has 1 saturated heterocycles. The lowest BCUT2D eigenvalue weighted by Crippen LogP contribution is -2.42. The molecule has 1 amide bonds. The standard InChI is InChI=1S/C16H16ClN3O3/c1-22-15-8-13(18-10-19-15)16(21)20-6-7-23-14(9-20)11-2-4-12(17)5-3-11/h2-5,8,10,14H,6-7,9H2,1H3. The van der Waals surface area contributed by atoms with Crippen molar-refractivity contribution in [3.8, 4) is 5.88 Å². The van der Waals surface area contributed by atoms with E-state index in [-0.39, 0.29) is 12.0 Å². The van der Waals surface area contributed by atoms with E-state index >= 15 is 0 Å². The number of carbonyl (C=O) groups is 1. The van der Waals surface area contributed by atoms with E-state index in [1.807, 2.05) is 24.3 Å². The second kappa shape index (κ2) is 6.93. The van der Waals surface area contributed by atoms with Gasteiger partial charge < -0.3 is 14.4 Å². The maximum absolute atomic E-state index is 12.6. The Morgan fingerprint density at radius 3 is 2.87 bits per heavy atom. The Bertz CT molecular complexity index is 693. The first-order chi connectivity index (χ1) is 11.2. The van der Waals surface area contributed by atoms with Gasteiger partial charge in [0.05, 0.1) is 20.3 Å². The SMILES string of the molecule is COc1cc(C(=O)N2CCOC(c3ccc(Cl)cc3)C2)ncn1. The number of nitrogens with zero attached hydrogens (tertiary/aromatic N) is 3. The van der Waals surface area contributed by atoms with Crippen LogP contribution in [0.4, 0.5) is 0 Å². The number of morpholine rings is 1. The van der Waals surface area contributed by atoms with Crippen LogP contribution < -0.4 is 4.74 Å². The average molecular weight is 334 g/mol. The summed E-state index contributed by atoms with van der Waals surface area (Å²) in [6.45, 7) is 1.46. The summed E-state index contributed by atoms with van der Waals surface area (Å²) in [5.41, 5.74) is 1.31. The van der Waals surface area contributed by atoms with Crippen molar-refractivity contribution < 1.29 is 14.3 Å². The zero-order valence-corrected chi connectivity index (χ0v) is 13.4. The van der Waals surface area contributed by atoms with Crippen LogP contribution in [0.5, 0.6) is 5.88 Å². The molecule has 1 aromatic carbocycles. The van der Waals surface area contributed by atoms with Gasteiger partial charge in [0.25, 0.3) is 5.91 Å². The molecule has 1 unspecified atom stereocenters. The molecule has 23 heavy (non-hydrogen) atoms. The maximum Gasteiger partial charge on any atom is 0.272 e. The van der Waals surface area contributed by atoms with Crippen LogP contribution in [-0.2, 0) is 4.74 Å². The summed E-state index contributed by atoms with van der Waals surface area (Å²) in [4.78, 5) is 22.3. The van der Waals surface area contributed by atoms with E-state index in [0.717, 1.165) is 5.56 Å². The minimum Gasteiger partial charge on any atom is -0.481 e. The van der Waals surface area contributed by atoms with E-state index < -0.39 is 0 Å². The van der Waals surface area contributed by atoms with Crippen molar-refractivity contribution in [2.75, 3.05) is 26.8 Å². The molecular formula is C16H16ClN3O3. The van der Waals surface area contributed by atoms with E-state index in [1.165, 1.54) is 19.5 Å². The van der Waals surface area contributed by atoms with Crippen molar-refractivity contribution in [1.82, 2.24) is 14.9 Å². The summed E-state index contributed by atoms with van der Waals surface area (Å²) in [6, 6.07) is 8.99. The summed E-state index contributed by atoms with van der Waals surface area (Å²) in [5, 5.41) is 0.672. The first kappa shape index (κ1) is 15.7. The third-order valence-electron chi connectivity index (χ3n) is 3.67. The number of aromatic nitrogens is 2. The van der Waals surface area contributed by atoms with Crippen LogP contribution in [0.25, 0.3) is 0 Å². The van der Waals surface area contributed by atoms with Crippen molar-refractivity contribution in [1.29, 1.82) is 0 Å². The van der Waals surface area contributed by atoms with Gasteiger partial charge in [-0.1, -0.05) is 23.7 Å². The highest BCUT2D eigenvalue weighted by molar-refractivity contribution is 6.30. The van der Waals surface area contributed by atoms with Crippen LogP contribution in [0.2, 0.25) is 5.02 Å². The van der Waals surface area contributed by atoms with E-state index in [9.17, 15) is 4.79 Å². The van der Waals surface area contributed by atoms with E-state index in [4.69, 9.17) is 21.1 Å². The van der Waals surface area contributed by atoms with Crippen molar-refractivity contribution in [3.63, 3.8) is 0 Å². The molecule has 3 rings (SSSR count). The Hall–Kier alpha value is -2.18. The molecule has 0 N–H and O–H groups in total. The van der Waals surface area contributed by atoms with Gasteiger partial charge in [-0.05, 0) is 17.7 Å². The summed E-state index contributed by atoms with van der Waals surface area (Å²) in [7, 11) is 1.50. The number of rotatable bonds is 3. The van der Waals surface area contributed by atoms with Gasteiger partial charge in [-0.3, -0.25) is 4.79 Å². The summed E-state index contributed by atoms with van der Waals surface area (Å²) in [6.07, 6.45) is 1.15. The van der Waals surface area contributed by atoms with Crippen molar-refractivity contribution in [2.45, 2.75) is 6.10 Å². The molecule has 6 nitrogen and oxygen atoms in total. The second-order valence-corrected chi connectivity index (χ2v) is 5.54. The number of halogens is 1. The first-order valence-electron chi connectivity index (χ1n) is 7.20. The van der Waals surface area contributed by atoms with Crippen LogP contribution in [0.1, 0.15) is 22.2 Å². The molecule has 1 aliphatic rings. The summed E-state index contributed by atoms with van der Waals surface area (Å²) < 4.78 is 10.8. The van der Waals surface area contributed by atoms with E-state index in [0.29, 0.717) is 36.3 Å². The minimum atomic E-state index is -0.173. The summed E-state index contributed by atoms with van der Waals surface area (Å²) >= 11 is 5.91.